The molecule has 0 aliphatic rings. The van der Waals surface area contributed by atoms with Crippen LogP contribution in [0.4, 0.5) is 11.8 Å². The number of aryl methyl sites for hydroxylation is 2. The third-order valence-electron chi connectivity index (χ3n) is 3.33. The number of nitrogens with two attached hydrogens (primary N) is 2. The Morgan fingerprint density at radius 2 is 1.48 bits per heavy atom. The number of hydrogen-bond acceptors (Lipinski definition) is 4. The van der Waals surface area contributed by atoms with Crippen LogP contribution in [0.15, 0.2) is 48.5 Å². The van der Waals surface area contributed by atoms with Crippen molar-refractivity contribution < 1.29 is 0 Å². The van der Waals surface area contributed by atoms with Gasteiger partial charge in [-0.25, -0.2) is 4.98 Å². The van der Waals surface area contributed by atoms with E-state index in [2.05, 4.69) is 23.0 Å². The number of nitrogens with zero attached hydrogens (tertiary/aromatic N) is 2. The largest absolute Gasteiger partial charge is 0.383 e. The summed E-state index contributed by atoms with van der Waals surface area (Å²) in [5.41, 5.74) is 14.6. The van der Waals surface area contributed by atoms with Gasteiger partial charge >= 0.3 is 0 Å². The molecule has 0 saturated heterocycles. The van der Waals surface area contributed by atoms with Gasteiger partial charge in [-0.15, -0.1) is 0 Å². The molecule has 0 atom stereocenters. The summed E-state index contributed by atoms with van der Waals surface area (Å²) in [6.45, 7) is 4.15. The van der Waals surface area contributed by atoms with E-state index in [9.17, 15) is 0 Å². The summed E-state index contributed by atoms with van der Waals surface area (Å²) in [5, 5.41) is 0.920. The van der Waals surface area contributed by atoms with Crippen molar-refractivity contribution in [3.63, 3.8) is 0 Å². The molecular weight excluding hydrogens is 260 g/mol. The first kappa shape index (κ1) is 14.8. The molecule has 0 amide bonds. The molecule has 0 spiro atoms. The minimum Gasteiger partial charge on any atom is -0.383 e. The highest BCUT2D eigenvalue weighted by Crippen LogP contribution is 2.25. The van der Waals surface area contributed by atoms with Crippen molar-refractivity contribution in [2.75, 3.05) is 11.5 Å². The summed E-state index contributed by atoms with van der Waals surface area (Å²) in [5.74, 6) is 0.689. The van der Waals surface area contributed by atoms with Crippen molar-refractivity contribution in [3.05, 3.63) is 59.7 Å². The average Bonchev–Trinajstić information content (AvgIpc) is 2.49. The van der Waals surface area contributed by atoms with Crippen LogP contribution in [0, 0.1) is 6.92 Å². The van der Waals surface area contributed by atoms with Crippen LogP contribution in [0.1, 0.15) is 18.1 Å². The van der Waals surface area contributed by atoms with E-state index in [1.54, 1.807) is 0 Å². The molecule has 0 radical (unpaired) electrons. The summed E-state index contributed by atoms with van der Waals surface area (Å²) in [4.78, 5) is 8.14. The molecule has 0 saturated carbocycles. The Balaban J connectivity index is 0.000000225. The van der Waals surface area contributed by atoms with E-state index in [1.165, 1.54) is 5.56 Å². The molecule has 1 aromatic heterocycles. The van der Waals surface area contributed by atoms with Crippen LogP contribution in [-0.2, 0) is 6.42 Å². The maximum absolute atomic E-state index is 5.85. The van der Waals surface area contributed by atoms with Crippen molar-refractivity contribution in [2.45, 2.75) is 20.3 Å². The minimum atomic E-state index is 0.226. The second-order valence-corrected chi connectivity index (χ2v) is 4.72. The second kappa shape index (κ2) is 6.70. The van der Waals surface area contributed by atoms with Gasteiger partial charge in [0.15, 0.2) is 0 Å². The summed E-state index contributed by atoms with van der Waals surface area (Å²) in [6.07, 6.45) is 0.978. The SMILES string of the molecule is CCc1ccc2nc(N)nc(N)c2c1C.c1ccccc1. The Labute approximate surface area is 124 Å². The maximum atomic E-state index is 5.85. The van der Waals surface area contributed by atoms with Crippen molar-refractivity contribution in [1.82, 2.24) is 9.97 Å². The van der Waals surface area contributed by atoms with Gasteiger partial charge in [-0.2, -0.15) is 4.98 Å². The molecule has 0 unspecified atom stereocenters. The highest BCUT2D eigenvalue weighted by Gasteiger charge is 2.08. The van der Waals surface area contributed by atoms with E-state index in [0.717, 1.165) is 22.9 Å². The number of rotatable bonds is 1. The zero-order valence-corrected chi connectivity index (χ0v) is 12.4. The standard InChI is InChI=1S/C11H14N4.C6H6/c1-3-7-4-5-8-9(6(7)2)10(12)15-11(13)14-8;1-2-4-6-5-3-1/h4-5H,3H2,1-2H3,(H4,12,13,14,15);1-6H. The second-order valence-electron chi connectivity index (χ2n) is 4.72. The van der Waals surface area contributed by atoms with Crippen LogP contribution in [0.25, 0.3) is 10.9 Å². The van der Waals surface area contributed by atoms with E-state index in [-0.39, 0.29) is 5.95 Å². The van der Waals surface area contributed by atoms with Crippen molar-refractivity contribution in [1.29, 1.82) is 0 Å². The van der Waals surface area contributed by atoms with Gasteiger partial charge < -0.3 is 11.5 Å². The Bertz CT molecular complexity index is 697. The van der Waals surface area contributed by atoms with E-state index >= 15 is 0 Å². The van der Waals surface area contributed by atoms with Crippen molar-refractivity contribution >= 4 is 22.7 Å². The van der Waals surface area contributed by atoms with Gasteiger partial charge in [-0.05, 0) is 30.5 Å². The molecule has 4 heteroatoms. The molecule has 108 valence electrons. The Morgan fingerprint density at radius 3 is 2.00 bits per heavy atom. The molecular formula is C17H20N4. The van der Waals surface area contributed by atoms with Gasteiger partial charge in [0.1, 0.15) is 5.82 Å². The van der Waals surface area contributed by atoms with Gasteiger partial charge in [0, 0.05) is 5.39 Å². The first-order valence-electron chi connectivity index (χ1n) is 6.94. The molecule has 0 fully saturated rings. The van der Waals surface area contributed by atoms with E-state index in [1.807, 2.05) is 49.4 Å². The quantitative estimate of drug-likeness (QED) is 0.716. The number of nitrogen functional groups attached to an aromatic ring is 2. The smallest absolute Gasteiger partial charge is 0.222 e. The Hall–Kier alpha value is -2.62. The van der Waals surface area contributed by atoms with Gasteiger partial charge in [0.25, 0.3) is 0 Å². The number of aromatic nitrogens is 2. The number of hydrogen-bond donors (Lipinski definition) is 2. The highest BCUT2D eigenvalue weighted by atomic mass is 15.0. The van der Waals surface area contributed by atoms with Crippen LogP contribution >= 0.6 is 0 Å². The summed E-state index contributed by atoms with van der Waals surface area (Å²) < 4.78 is 0. The van der Waals surface area contributed by atoms with Crippen LogP contribution in [0.5, 0.6) is 0 Å². The lowest BCUT2D eigenvalue weighted by Gasteiger charge is -2.09. The predicted octanol–water partition coefficient (Wildman–Crippen LogP) is 3.35. The molecule has 4 N–H and O–H groups in total. The molecule has 0 aliphatic carbocycles. The third kappa shape index (κ3) is 3.48. The minimum absolute atomic E-state index is 0.226. The molecule has 3 rings (SSSR count). The fourth-order valence-corrected chi connectivity index (χ4v) is 2.25. The van der Waals surface area contributed by atoms with Crippen molar-refractivity contribution in [2.24, 2.45) is 0 Å². The van der Waals surface area contributed by atoms with Crippen molar-refractivity contribution in [3.8, 4) is 0 Å². The molecule has 3 aromatic rings. The molecule has 4 nitrogen and oxygen atoms in total. The molecule has 0 bridgehead atoms. The molecule has 1 heterocycles. The Morgan fingerprint density at radius 1 is 0.905 bits per heavy atom. The summed E-state index contributed by atoms with van der Waals surface area (Å²) in [6, 6.07) is 16.0. The zero-order valence-electron chi connectivity index (χ0n) is 12.4. The fourth-order valence-electron chi connectivity index (χ4n) is 2.25. The Kier molecular flexibility index (Phi) is 4.72. The number of fused-ring (bicyclic) bond motifs is 1. The lowest BCUT2D eigenvalue weighted by Crippen LogP contribution is -2.02. The van der Waals surface area contributed by atoms with E-state index in [0.29, 0.717) is 5.82 Å². The van der Waals surface area contributed by atoms with E-state index in [4.69, 9.17) is 11.5 Å². The number of anilines is 2. The van der Waals surface area contributed by atoms with Gasteiger partial charge in [-0.1, -0.05) is 49.4 Å². The normalized spacial score (nSPS) is 10.0. The first-order valence-corrected chi connectivity index (χ1v) is 6.94. The first-order chi connectivity index (χ1) is 10.1. The number of benzene rings is 2. The summed E-state index contributed by atoms with van der Waals surface area (Å²) >= 11 is 0. The van der Waals surface area contributed by atoms with E-state index < -0.39 is 0 Å². The van der Waals surface area contributed by atoms with Crippen LogP contribution in [-0.4, -0.2) is 9.97 Å². The van der Waals surface area contributed by atoms with Crippen LogP contribution in [0.2, 0.25) is 0 Å². The topological polar surface area (TPSA) is 77.8 Å². The zero-order chi connectivity index (χ0) is 15.2. The lowest BCUT2D eigenvalue weighted by molar-refractivity contribution is 1.11. The molecule has 2 aromatic carbocycles. The highest BCUT2D eigenvalue weighted by molar-refractivity contribution is 5.92. The molecule has 21 heavy (non-hydrogen) atoms. The monoisotopic (exact) mass is 280 g/mol. The average molecular weight is 280 g/mol. The maximum Gasteiger partial charge on any atom is 0.222 e. The van der Waals surface area contributed by atoms with Gasteiger partial charge in [-0.3, -0.25) is 0 Å². The van der Waals surface area contributed by atoms with Crippen LogP contribution < -0.4 is 11.5 Å². The van der Waals surface area contributed by atoms with Crippen LogP contribution in [0.3, 0.4) is 0 Å². The fraction of sp³-hybridized carbons (Fsp3) is 0.176. The van der Waals surface area contributed by atoms with Gasteiger partial charge in [0.2, 0.25) is 5.95 Å². The molecule has 0 aliphatic heterocycles. The van der Waals surface area contributed by atoms with Gasteiger partial charge in [0.05, 0.1) is 5.52 Å². The predicted molar refractivity (Wildman–Crippen MR) is 88.9 cm³/mol. The lowest BCUT2D eigenvalue weighted by atomic mass is 10.0. The summed E-state index contributed by atoms with van der Waals surface area (Å²) in [7, 11) is 0. The third-order valence-corrected chi connectivity index (χ3v) is 3.33.